The summed E-state index contributed by atoms with van der Waals surface area (Å²) in [5.41, 5.74) is 5.76. The van der Waals surface area contributed by atoms with E-state index in [4.69, 9.17) is 4.74 Å². The quantitative estimate of drug-likeness (QED) is 0.332. The lowest BCUT2D eigenvalue weighted by molar-refractivity contribution is -0.134. The van der Waals surface area contributed by atoms with Gasteiger partial charge in [-0.1, -0.05) is 30.3 Å². The van der Waals surface area contributed by atoms with Crippen molar-refractivity contribution in [3.63, 3.8) is 0 Å². The zero-order valence-corrected chi connectivity index (χ0v) is 23.6. The zero-order chi connectivity index (χ0) is 29.8. The molecule has 0 saturated heterocycles. The Morgan fingerprint density at radius 1 is 1.10 bits per heavy atom. The molecule has 3 aromatic rings. The number of halogens is 1. The monoisotopic (exact) mass is 560 g/mol. The first-order valence-corrected chi connectivity index (χ1v) is 13.1. The van der Waals surface area contributed by atoms with E-state index in [1.807, 2.05) is 38.1 Å². The third-order valence-corrected chi connectivity index (χ3v) is 7.30. The van der Waals surface area contributed by atoms with Crippen LogP contribution in [-0.4, -0.2) is 60.9 Å². The Bertz CT molecular complexity index is 1540. The minimum atomic E-state index is -1.21. The molecule has 1 aliphatic rings. The van der Waals surface area contributed by atoms with E-state index in [1.165, 1.54) is 20.2 Å². The van der Waals surface area contributed by atoms with Crippen LogP contribution in [0.3, 0.4) is 0 Å². The van der Waals surface area contributed by atoms with Crippen molar-refractivity contribution in [3.8, 4) is 28.0 Å². The maximum atomic E-state index is 15.3. The summed E-state index contributed by atoms with van der Waals surface area (Å²) in [6.07, 6.45) is 1.06. The van der Waals surface area contributed by atoms with Gasteiger partial charge in [-0.2, -0.15) is 0 Å². The van der Waals surface area contributed by atoms with Gasteiger partial charge in [-0.05, 0) is 72.4 Å². The molecule has 10 heteroatoms. The lowest BCUT2D eigenvalue weighted by Gasteiger charge is -2.22. The molecule has 0 saturated carbocycles. The molecule has 0 fully saturated rings. The number of anilines is 1. The number of ether oxygens (including phenoxy) is 1. The van der Waals surface area contributed by atoms with E-state index in [-0.39, 0.29) is 19.2 Å². The molecule has 9 nitrogen and oxygen atoms in total. The lowest BCUT2D eigenvalue weighted by Crippen LogP contribution is -2.45. The van der Waals surface area contributed by atoms with Crippen LogP contribution in [0.4, 0.5) is 14.9 Å². The summed E-state index contributed by atoms with van der Waals surface area (Å²) >= 11 is 0. The van der Waals surface area contributed by atoms with E-state index < -0.39 is 29.6 Å². The average molecular weight is 561 g/mol. The first kappa shape index (κ1) is 29.6. The van der Waals surface area contributed by atoms with Crippen molar-refractivity contribution in [1.82, 2.24) is 10.2 Å². The van der Waals surface area contributed by atoms with Crippen LogP contribution in [0.2, 0.25) is 0 Å². The van der Waals surface area contributed by atoms with Gasteiger partial charge in [0.1, 0.15) is 11.6 Å². The number of nitrogens with one attached hydrogen (secondary N) is 2. The minimum Gasteiger partial charge on any atom is -0.496 e. The highest BCUT2D eigenvalue weighted by Crippen LogP contribution is 2.37. The number of aliphatic hydroxyl groups is 1. The summed E-state index contributed by atoms with van der Waals surface area (Å²) in [6, 6.07) is 13.6. The molecular weight excluding hydrogens is 527 g/mol. The van der Waals surface area contributed by atoms with E-state index >= 15 is 4.39 Å². The molecule has 1 aliphatic heterocycles. The van der Waals surface area contributed by atoms with Gasteiger partial charge in [-0.3, -0.25) is 14.5 Å². The molecule has 0 aromatic heterocycles. The Labute approximate surface area is 238 Å². The Kier molecular flexibility index (Phi) is 8.95. The maximum absolute atomic E-state index is 15.3. The molecule has 3 aromatic carbocycles. The molecule has 4 amide bonds. The molecule has 4 rings (SSSR count). The van der Waals surface area contributed by atoms with Gasteiger partial charge in [0, 0.05) is 37.1 Å². The smallest absolute Gasteiger partial charge is 0.349 e. The van der Waals surface area contributed by atoms with Crippen molar-refractivity contribution in [3.05, 3.63) is 71.0 Å². The molecule has 0 bridgehead atoms. The largest absolute Gasteiger partial charge is 0.496 e. The number of methoxy groups -OCH3 is 1. The summed E-state index contributed by atoms with van der Waals surface area (Å²) in [5.74, 6) is -2.46. The van der Waals surface area contributed by atoms with Gasteiger partial charge in [-0.15, -0.1) is 0 Å². The van der Waals surface area contributed by atoms with E-state index in [1.54, 1.807) is 25.1 Å². The van der Waals surface area contributed by atoms with Crippen LogP contribution in [-0.2, 0) is 16.1 Å². The fourth-order valence-electron chi connectivity index (χ4n) is 4.75. The molecule has 2 atom stereocenters. The topological polar surface area (TPSA) is 120 Å². The van der Waals surface area contributed by atoms with Gasteiger partial charge in [0.2, 0.25) is 11.8 Å². The van der Waals surface area contributed by atoms with Crippen LogP contribution >= 0.6 is 0 Å². The van der Waals surface area contributed by atoms with E-state index in [0.29, 0.717) is 22.6 Å². The van der Waals surface area contributed by atoms with Crippen LogP contribution in [0.15, 0.2) is 53.5 Å². The summed E-state index contributed by atoms with van der Waals surface area (Å²) in [6.45, 7) is 5.76. The summed E-state index contributed by atoms with van der Waals surface area (Å²) in [4.78, 5) is 41.4. The summed E-state index contributed by atoms with van der Waals surface area (Å²) in [5, 5.41) is 15.2. The van der Waals surface area contributed by atoms with Gasteiger partial charge in [0.05, 0.1) is 13.7 Å². The van der Waals surface area contributed by atoms with E-state index in [0.717, 1.165) is 38.9 Å². The Morgan fingerprint density at radius 3 is 2.44 bits per heavy atom. The average Bonchev–Trinajstić information content (AvgIpc) is 2.96. The molecule has 1 heterocycles. The number of amides is 4. The Balaban J connectivity index is 1.67. The van der Waals surface area contributed by atoms with Crippen molar-refractivity contribution in [2.45, 2.75) is 33.4 Å². The number of aliphatic imine (C=N–C) groups is 1. The first-order chi connectivity index (χ1) is 19.6. The van der Waals surface area contributed by atoms with E-state index in [2.05, 4.69) is 15.6 Å². The van der Waals surface area contributed by atoms with E-state index in [9.17, 15) is 19.5 Å². The highest BCUT2D eigenvalue weighted by Gasteiger charge is 2.34. The van der Waals surface area contributed by atoms with Crippen molar-refractivity contribution >= 4 is 29.7 Å². The van der Waals surface area contributed by atoms with Crippen molar-refractivity contribution < 1.29 is 28.6 Å². The van der Waals surface area contributed by atoms with Crippen molar-refractivity contribution in [1.29, 1.82) is 0 Å². The van der Waals surface area contributed by atoms with Crippen LogP contribution in [0, 0.1) is 25.6 Å². The number of aliphatic hydroxyl groups excluding tert-OH is 1. The number of urea groups is 1. The second kappa shape index (κ2) is 12.4. The molecule has 214 valence electrons. The number of imide groups is 1. The first-order valence-electron chi connectivity index (χ1n) is 13.1. The summed E-state index contributed by atoms with van der Waals surface area (Å²) < 4.78 is 20.8. The van der Waals surface area contributed by atoms with Gasteiger partial charge in [-0.25, -0.2) is 14.2 Å². The van der Waals surface area contributed by atoms with Crippen LogP contribution in [0.1, 0.15) is 23.6 Å². The van der Waals surface area contributed by atoms with Gasteiger partial charge in [0.25, 0.3) is 0 Å². The highest BCUT2D eigenvalue weighted by atomic mass is 19.1. The second-order valence-corrected chi connectivity index (χ2v) is 9.98. The van der Waals surface area contributed by atoms with Crippen molar-refractivity contribution in [2.24, 2.45) is 10.9 Å². The number of hydrogen-bond acceptors (Lipinski definition) is 6. The number of hydrogen-bond donors (Lipinski definition) is 3. The molecule has 41 heavy (non-hydrogen) atoms. The standard InChI is InChI=1S/C31H33FN4O5/c1-17(16-37)33-14-24-26(32)12-20(13-28(24)41-5)21-8-6-9-22(18(21)2)23-10-7-11-27(19(23)3)35-29(38)25-15-34-31(40)36(4)30(25)39/h6-13,15,17,25,33,37H,14,16H2,1-5H3,(H,35,38)/t17-,25?/m0/s1. The minimum absolute atomic E-state index is 0.0659. The molecule has 0 aliphatic carbocycles. The Morgan fingerprint density at radius 2 is 1.76 bits per heavy atom. The third kappa shape index (κ3) is 6.03. The normalized spacial score (nSPS) is 15.7. The number of benzene rings is 3. The second-order valence-electron chi connectivity index (χ2n) is 9.98. The predicted octanol–water partition coefficient (Wildman–Crippen LogP) is 4.47. The van der Waals surface area contributed by atoms with Crippen LogP contribution in [0.5, 0.6) is 5.75 Å². The highest BCUT2D eigenvalue weighted by molar-refractivity contribution is 6.23. The van der Waals surface area contributed by atoms with Crippen LogP contribution < -0.4 is 15.4 Å². The zero-order valence-electron chi connectivity index (χ0n) is 23.6. The number of nitrogens with zero attached hydrogens (tertiary/aromatic N) is 2. The lowest BCUT2D eigenvalue weighted by atomic mass is 9.90. The van der Waals surface area contributed by atoms with Crippen molar-refractivity contribution in [2.75, 3.05) is 26.1 Å². The Hall–Kier alpha value is -4.41. The van der Waals surface area contributed by atoms with Gasteiger partial charge >= 0.3 is 6.03 Å². The molecular formula is C31H33FN4O5. The number of carbonyl (C=O) groups excluding carboxylic acids is 3. The number of rotatable bonds is 9. The summed E-state index contributed by atoms with van der Waals surface area (Å²) in [7, 11) is 2.78. The fraction of sp³-hybridized carbons (Fsp3) is 0.290. The molecule has 3 N–H and O–H groups in total. The predicted molar refractivity (Wildman–Crippen MR) is 155 cm³/mol. The van der Waals surface area contributed by atoms with Crippen LogP contribution in [0.25, 0.3) is 22.3 Å². The molecule has 1 unspecified atom stereocenters. The molecule has 0 radical (unpaired) electrons. The van der Waals surface area contributed by atoms with Gasteiger partial charge < -0.3 is 20.5 Å². The molecule has 0 spiro atoms. The maximum Gasteiger partial charge on any atom is 0.349 e. The van der Waals surface area contributed by atoms with Gasteiger partial charge in [0.15, 0.2) is 5.92 Å². The SMILES string of the molecule is COc1cc(-c2cccc(-c3cccc(NC(=O)C4C=NC(=O)N(C)C4=O)c3C)c2C)cc(F)c1CN[C@@H](C)CO. The third-order valence-electron chi connectivity index (χ3n) is 7.30. The fourth-order valence-corrected chi connectivity index (χ4v) is 4.75. The number of carbonyl (C=O) groups is 3.